The Morgan fingerprint density at radius 2 is 1.86 bits per heavy atom. The molecule has 0 amide bonds. The molecule has 1 aliphatic heterocycles. The zero-order valence-electron chi connectivity index (χ0n) is 12.8. The Morgan fingerprint density at radius 1 is 1.19 bits per heavy atom. The average Bonchev–Trinajstić information content (AvgIpc) is 2.97. The number of piperidine rings is 1. The average molecular weight is 287 g/mol. The van der Waals surface area contributed by atoms with Crippen LogP contribution in [0.25, 0.3) is 11.4 Å². The molecule has 5 heteroatoms. The largest absolute Gasteiger partial charge is 0.496 e. The van der Waals surface area contributed by atoms with Gasteiger partial charge in [0.2, 0.25) is 11.7 Å². The second-order valence-electron chi connectivity index (χ2n) is 5.62. The number of aryl methyl sites for hydroxylation is 2. The van der Waals surface area contributed by atoms with E-state index in [-0.39, 0.29) is 0 Å². The maximum atomic E-state index is 5.47. The van der Waals surface area contributed by atoms with Crippen LogP contribution >= 0.6 is 0 Å². The van der Waals surface area contributed by atoms with Crippen molar-refractivity contribution < 1.29 is 9.26 Å². The number of aromatic nitrogens is 2. The van der Waals surface area contributed by atoms with Crippen molar-refractivity contribution >= 4 is 0 Å². The first-order chi connectivity index (χ1) is 10.2. The summed E-state index contributed by atoms with van der Waals surface area (Å²) in [5.41, 5.74) is 3.15. The SMILES string of the molecule is COc1c(C)cc(-c2noc(C3CCNCC3)n2)cc1C. The summed E-state index contributed by atoms with van der Waals surface area (Å²) in [6, 6.07) is 4.09. The van der Waals surface area contributed by atoms with Gasteiger partial charge in [-0.3, -0.25) is 0 Å². The summed E-state index contributed by atoms with van der Waals surface area (Å²) >= 11 is 0. The van der Waals surface area contributed by atoms with Gasteiger partial charge in [-0.15, -0.1) is 0 Å². The fraction of sp³-hybridized carbons (Fsp3) is 0.500. The summed E-state index contributed by atoms with van der Waals surface area (Å²) in [4.78, 5) is 4.60. The highest BCUT2D eigenvalue weighted by Gasteiger charge is 2.22. The Kier molecular flexibility index (Phi) is 3.92. The van der Waals surface area contributed by atoms with Gasteiger partial charge in [-0.25, -0.2) is 0 Å². The first-order valence-electron chi connectivity index (χ1n) is 7.39. The third kappa shape index (κ3) is 2.78. The zero-order chi connectivity index (χ0) is 14.8. The minimum Gasteiger partial charge on any atom is -0.496 e. The van der Waals surface area contributed by atoms with Crippen molar-refractivity contribution in [3.63, 3.8) is 0 Å². The van der Waals surface area contributed by atoms with E-state index in [2.05, 4.69) is 15.5 Å². The molecule has 112 valence electrons. The van der Waals surface area contributed by atoms with Gasteiger partial charge in [0.15, 0.2) is 0 Å². The van der Waals surface area contributed by atoms with Gasteiger partial charge in [0.25, 0.3) is 0 Å². The van der Waals surface area contributed by atoms with Crippen molar-refractivity contribution in [1.82, 2.24) is 15.5 Å². The molecule has 0 atom stereocenters. The second kappa shape index (κ2) is 5.85. The van der Waals surface area contributed by atoms with Crippen LogP contribution in [-0.2, 0) is 0 Å². The number of nitrogens with one attached hydrogen (secondary N) is 1. The predicted octanol–water partition coefficient (Wildman–Crippen LogP) is 2.83. The molecule has 0 unspecified atom stereocenters. The lowest BCUT2D eigenvalue weighted by Gasteiger charge is -2.18. The van der Waals surface area contributed by atoms with Gasteiger partial charge in [-0.2, -0.15) is 4.98 Å². The molecule has 1 fully saturated rings. The lowest BCUT2D eigenvalue weighted by Crippen LogP contribution is -2.26. The molecule has 1 saturated heterocycles. The zero-order valence-corrected chi connectivity index (χ0v) is 12.8. The van der Waals surface area contributed by atoms with Gasteiger partial charge in [0.05, 0.1) is 7.11 Å². The summed E-state index contributed by atoms with van der Waals surface area (Å²) in [7, 11) is 1.69. The summed E-state index contributed by atoms with van der Waals surface area (Å²) in [5.74, 6) is 2.73. The van der Waals surface area contributed by atoms with Crippen LogP contribution in [0.5, 0.6) is 5.75 Å². The molecule has 5 nitrogen and oxygen atoms in total. The first-order valence-corrected chi connectivity index (χ1v) is 7.39. The number of hydrogen-bond acceptors (Lipinski definition) is 5. The fourth-order valence-electron chi connectivity index (χ4n) is 2.99. The molecule has 0 aliphatic carbocycles. The number of nitrogens with zero attached hydrogens (tertiary/aromatic N) is 2. The Hall–Kier alpha value is -1.88. The molecule has 1 aliphatic rings. The number of rotatable bonds is 3. The van der Waals surface area contributed by atoms with E-state index in [0.29, 0.717) is 11.7 Å². The van der Waals surface area contributed by atoms with Crippen LogP contribution in [0.15, 0.2) is 16.7 Å². The topological polar surface area (TPSA) is 60.2 Å². The molecule has 1 N–H and O–H groups in total. The molecule has 1 aromatic heterocycles. The molecule has 1 aromatic carbocycles. The van der Waals surface area contributed by atoms with E-state index >= 15 is 0 Å². The van der Waals surface area contributed by atoms with Gasteiger partial charge in [0.1, 0.15) is 5.75 Å². The number of methoxy groups -OCH3 is 1. The number of hydrogen-bond donors (Lipinski definition) is 1. The van der Waals surface area contributed by atoms with Gasteiger partial charge < -0.3 is 14.6 Å². The van der Waals surface area contributed by atoms with Gasteiger partial charge in [-0.1, -0.05) is 5.16 Å². The van der Waals surface area contributed by atoms with Gasteiger partial charge >= 0.3 is 0 Å². The molecule has 0 bridgehead atoms. The van der Waals surface area contributed by atoms with Crippen LogP contribution in [0.2, 0.25) is 0 Å². The highest BCUT2D eigenvalue weighted by Crippen LogP contribution is 2.30. The summed E-state index contributed by atoms with van der Waals surface area (Å²) in [5, 5.41) is 7.50. The lowest BCUT2D eigenvalue weighted by molar-refractivity contribution is 0.320. The molecule has 0 radical (unpaired) electrons. The highest BCUT2D eigenvalue weighted by atomic mass is 16.5. The minimum atomic E-state index is 0.382. The van der Waals surface area contributed by atoms with Crippen molar-refractivity contribution in [3.05, 3.63) is 29.2 Å². The Balaban J connectivity index is 1.89. The molecule has 2 heterocycles. The highest BCUT2D eigenvalue weighted by molar-refractivity contribution is 5.61. The summed E-state index contributed by atoms with van der Waals surface area (Å²) in [6.45, 7) is 6.10. The van der Waals surface area contributed by atoms with Crippen molar-refractivity contribution in [2.45, 2.75) is 32.6 Å². The molecular formula is C16H21N3O2. The Morgan fingerprint density at radius 3 is 2.48 bits per heavy atom. The van der Waals surface area contributed by atoms with Crippen LogP contribution in [-0.4, -0.2) is 30.3 Å². The Labute approximate surface area is 124 Å². The van der Waals surface area contributed by atoms with E-state index in [1.165, 1.54) is 0 Å². The van der Waals surface area contributed by atoms with E-state index in [0.717, 1.165) is 54.3 Å². The van der Waals surface area contributed by atoms with Crippen LogP contribution in [0.3, 0.4) is 0 Å². The van der Waals surface area contributed by atoms with Crippen molar-refractivity contribution in [1.29, 1.82) is 0 Å². The van der Waals surface area contributed by atoms with E-state index in [9.17, 15) is 0 Å². The third-order valence-electron chi connectivity index (χ3n) is 4.05. The monoisotopic (exact) mass is 287 g/mol. The smallest absolute Gasteiger partial charge is 0.230 e. The van der Waals surface area contributed by atoms with Gasteiger partial charge in [-0.05, 0) is 63.0 Å². The van der Waals surface area contributed by atoms with Crippen molar-refractivity contribution in [2.24, 2.45) is 0 Å². The predicted molar refractivity (Wildman–Crippen MR) is 80.6 cm³/mol. The van der Waals surface area contributed by atoms with Crippen molar-refractivity contribution in [2.75, 3.05) is 20.2 Å². The molecule has 0 saturated carbocycles. The summed E-state index contributed by atoms with van der Waals surface area (Å²) < 4.78 is 10.9. The van der Waals surface area contributed by atoms with E-state index < -0.39 is 0 Å². The maximum absolute atomic E-state index is 5.47. The third-order valence-corrected chi connectivity index (χ3v) is 4.05. The van der Waals surface area contributed by atoms with Gasteiger partial charge in [0, 0.05) is 11.5 Å². The molecule has 0 spiro atoms. The maximum Gasteiger partial charge on any atom is 0.230 e. The quantitative estimate of drug-likeness (QED) is 0.940. The second-order valence-corrected chi connectivity index (χ2v) is 5.62. The summed E-state index contributed by atoms with van der Waals surface area (Å²) in [6.07, 6.45) is 2.12. The molecule has 3 rings (SSSR count). The molecule has 21 heavy (non-hydrogen) atoms. The van der Waals surface area contributed by atoms with Crippen molar-refractivity contribution in [3.8, 4) is 17.1 Å². The normalized spacial score (nSPS) is 16.1. The first kappa shape index (κ1) is 14.1. The fourth-order valence-corrected chi connectivity index (χ4v) is 2.99. The number of benzene rings is 1. The van der Waals surface area contributed by atoms with Crippen LogP contribution < -0.4 is 10.1 Å². The van der Waals surface area contributed by atoms with E-state index in [4.69, 9.17) is 9.26 Å². The Bertz CT molecular complexity index is 607. The minimum absolute atomic E-state index is 0.382. The lowest BCUT2D eigenvalue weighted by atomic mass is 9.98. The molecule has 2 aromatic rings. The van der Waals surface area contributed by atoms with E-state index in [1.807, 2.05) is 26.0 Å². The van der Waals surface area contributed by atoms with Crippen LogP contribution in [0, 0.1) is 13.8 Å². The van der Waals surface area contributed by atoms with Crippen LogP contribution in [0.1, 0.15) is 35.8 Å². The van der Waals surface area contributed by atoms with E-state index in [1.54, 1.807) is 7.11 Å². The molecular weight excluding hydrogens is 266 g/mol. The standard InChI is InChI=1S/C16H21N3O2/c1-10-8-13(9-11(2)14(10)20-3)15-18-16(21-19-15)12-4-6-17-7-5-12/h8-9,12,17H,4-7H2,1-3H3. The van der Waals surface area contributed by atoms with Crippen LogP contribution in [0.4, 0.5) is 0 Å². The number of ether oxygens (including phenoxy) is 1.